The van der Waals surface area contributed by atoms with Gasteiger partial charge in [0.25, 0.3) is 5.56 Å². The van der Waals surface area contributed by atoms with Crippen LogP contribution in [0.5, 0.6) is 0 Å². The molecule has 5 rings (SSSR count). The van der Waals surface area contributed by atoms with Gasteiger partial charge in [-0.05, 0) is 61.4 Å². The maximum Gasteiger partial charge on any atom is 0.264 e. The van der Waals surface area contributed by atoms with E-state index in [1.807, 2.05) is 0 Å². The van der Waals surface area contributed by atoms with E-state index >= 15 is 0 Å². The maximum absolute atomic E-state index is 13.2. The van der Waals surface area contributed by atoms with Gasteiger partial charge >= 0.3 is 0 Å². The first kappa shape index (κ1) is 22.9. The molecule has 1 fully saturated rings. The Bertz CT molecular complexity index is 1560. The van der Waals surface area contributed by atoms with Crippen LogP contribution in [-0.4, -0.2) is 51.1 Å². The van der Waals surface area contributed by atoms with Crippen molar-refractivity contribution in [2.75, 3.05) is 18.4 Å². The molecule has 2 aromatic heterocycles. The first-order chi connectivity index (χ1) is 16.8. The fourth-order valence-corrected chi connectivity index (χ4v) is 5.49. The van der Waals surface area contributed by atoms with Crippen LogP contribution >= 0.6 is 0 Å². The molecule has 0 saturated carbocycles. The fraction of sp³-hybridized carbons (Fsp3) is 0.217. The van der Waals surface area contributed by atoms with Crippen LogP contribution in [0.15, 0.2) is 70.7 Å². The number of hydrogen-bond donors (Lipinski definition) is 1. The van der Waals surface area contributed by atoms with Crippen molar-refractivity contribution in [3.05, 3.63) is 77.2 Å². The zero-order valence-electron chi connectivity index (χ0n) is 18.5. The summed E-state index contributed by atoms with van der Waals surface area (Å²) < 4.78 is 42.5. The van der Waals surface area contributed by atoms with E-state index in [0.29, 0.717) is 24.5 Å². The summed E-state index contributed by atoms with van der Waals surface area (Å²) in [5, 5.41) is 7.03. The van der Waals surface area contributed by atoms with Gasteiger partial charge in [0, 0.05) is 18.8 Å². The highest BCUT2D eigenvalue weighted by molar-refractivity contribution is 7.89. The maximum atomic E-state index is 13.2. The highest BCUT2D eigenvalue weighted by Crippen LogP contribution is 2.22. The summed E-state index contributed by atoms with van der Waals surface area (Å²) in [5.41, 5.74) is 0.777. The van der Waals surface area contributed by atoms with Gasteiger partial charge in [-0.1, -0.05) is 0 Å². The molecule has 0 unspecified atom stereocenters. The van der Waals surface area contributed by atoms with E-state index in [0.717, 1.165) is 17.4 Å². The molecule has 0 aliphatic carbocycles. The van der Waals surface area contributed by atoms with Crippen molar-refractivity contribution in [3.63, 3.8) is 0 Å². The lowest BCUT2D eigenvalue weighted by molar-refractivity contribution is -0.116. The number of anilines is 1. The van der Waals surface area contributed by atoms with Crippen LogP contribution in [-0.2, 0) is 21.4 Å². The molecule has 3 heterocycles. The van der Waals surface area contributed by atoms with Crippen molar-refractivity contribution in [3.8, 4) is 5.69 Å². The second-order valence-electron chi connectivity index (χ2n) is 8.13. The highest BCUT2D eigenvalue weighted by atomic mass is 32.2. The monoisotopic (exact) mass is 496 g/mol. The molecule has 10 nitrogen and oxygen atoms in total. The van der Waals surface area contributed by atoms with E-state index in [4.69, 9.17) is 0 Å². The number of fused-ring (bicyclic) bond motifs is 1. The third kappa shape index (κ3) is 4.45. The number of amides is 1. The Labute approximate surface area is 199 Å². The van der Waals surface area contributed by atoms with E-state index < -0.39 is 27.3 Å². The molecule has 1 aliphatic rings. The third-order valence-corrected chi connectivity index (χ3v) is 7.69. The SMILES string of the molecule is O=C(Cn1cnc2c(cnn2-c2ccc(F)cc2)c1=O)Nc1ccc(S(=O)(=O)N2CCCC2)cc1. The average Bonchev–Trinajstić information content (AvgIpc) is 3.53. The lowest BCUT2D eigenvalue weighted by atomic mass is 10.3. The van der Waals surface area contributed by atoms with E-state index in [-0.39, 0.29) is 22.5 Å². The summed E-state index contributed by atoms with van der Waals surface area (Å²) in [4.78, 5) is 29.8. The van der Waals surface area contributed by atoms with Gasteiger partial charge in [-0.2, -0.15) is 9.40 Å². The predicted molar refractivity (Wildman–Crippen MR) is 126 cm³/mol. The molecule has 0 bridgehead atoms. The standard InChI is InChI=1S/C23H21FN6O4S/c24-16-3-7-18(8-4-16)30-22-20(13-26-30)23(32)28(15-25-22)14-21(31)27-17-5-9-19(10-6-17)35(33,34)29-11-1-2-12-29/h3-10,13,15H,1-2,11-12,14H2,(H,27,31). The summed E-state index contributed by atoms with van der Waals surface area (Å²) in [7, 11) is -3.54. The van der Waals surface area contributed by atoms with Gasteiger partial charge in [0.15, 0.2) is 5.65 Å². The Kier molecular flexibility index (Phi) is 5.91. The molecule has 180 valence electrons. The summed E-state index contributed by atoms with van der Waals surface area (Å²) in [6, 6.07) is 11.5. The van der Waals surface area contributed by atoms with Gasteiger partial charge < -0.3 is 5.32 Å². The number of nitrogens with one attached hydrogen (secondary N) is 1. The fourth-order valence-electron chi connectivity index (χ4n) is 3.98. The number of aromatic nitrogens is 4. The molecule has 1 amide bonds. The number of benzene rings is 2. The van der Waals surface area contributed by atoms with Crippen LogP contribution in [0.3, 0.4) is 0 Å². The number of sulfonamides is 1. The van der Waals surface area contributed by atoms with Crippen molar-refractivity contribution < 1.29 is 17.6 Å². The first-order valence-corrected chi connectivity index (χ1v) is 12.4. The van der Waals surface area contributed by atoms with Gasteiger partial charge in [0.05, 0.1) is 16.8 Å². The number of nitrogens with zero attached hydrogens (tertiary/aromatic N) is 5. The van der Waals surface area contributed by atoms with E-state index in [9.17, 15) is 22.4 Å². The largest absolute Gasteiger partial charge is 0.325 e. The zero-order valence-corrected chi connectivity index (χ0v) is 19.3. The molecular weight excluding hydrogens is 475 g/mol. The Morgan fingerprint density at radius 2 is 1.71 bits per heavy atom. The van der Waals surface area contributed by atoms with Gasteiger partial charge in [-0.15, -0.1) is 0 Å². The van der Waals surface area contributed by atoms with Gasteiger partial charge in [0.1, 0.15) is 24.1 Å². The number of rotatable bonds is 6. The first-order valence-electron chi connectivity index (χ1n) is 10.9. The minimum Gasteiger partial charge on any atom is -0.325 e. The Hall–Kier alpha value is -3.90. The smallest absolute Gasteiger partial charge is 0.264 e. The third-order valence-electron chi connectivity index (χ3n) is 5.78. The average molecular weight is 497 g/mol. The zero-order chi connectivity index (χ0) is 24.6. The quantitative estimate of drug-likeness (QED) is 0.437. The van der Waals surface area contributed by atoms with Crippen molar-refractivity contribution in [1.82, 2.24) is 23.6 Å². The number of hydrogen-bond acceptors (Lipinski definition) is 6. The minimum absolute atomic E-state index is 0.168. The van der Waals surface area contributed by atoms with Crippen LogP contribution in [0.1, 0.15) is 12.8 Å². The van der Waals surface area contributed by atoms with Crippen molar-refractivity contribution in [1.29, 1.82) is 0 Å². The Morgan fingerprint density at radius 3 is 2.40 bits per heavy atom. The van der Waals surface area contributed by atoms with Gasteiger partial charge in [-0.25, -0.2) is 22.5 Å². The summed E-state index contributed by atoms with van der Waals surface area (Å²) in [6.45, 7) is 0.727. The minimum atomic E-state index is -3.54. The van der Waals surface area contributed by atoms with Crippen molar-refractivity contribution in [2.24, 2.45) is 0 Å². The van der Waals surface area contributed by atoms with E-state index in [2.05, 4.69) is 15.4 Å². The summed E-state index contributed by atoms with van der Waals surface area (Å²) in [5.74, 6) is -0.872. The second kappa shape index (κ2) is 9.04. The molecule has 1 saturated heterocycles. The lowest BCUT2D eigenvalue weighted by Crippen LogP contribution is -2.28. The molecule has 0 atom stereocenters. The normalized spacial score (nSPS) is 14.4. The molecule has 1 aliphatic heterocycles. The highest BCUT2D eigenvalue weighted by Gasteiger charge is 2.27. The van der Waals surface area contributed by atoms with Crippen LogP contribution in [0.4, 0.5) is 10.1 Å². The number of halogens is 1. The molecular formula is C23H21FN6O4S. The van der Waals surface area contributed by atoms with Gasteiger partial charge in [0.2, 0.25) is 15.9 Å². The van der Waals surface area contributed by atoms with E-state index in [1.165, 1.54) is 70.0 Å². The number of carbonyl (C=O) groups is 1. The summed E-state index contributed by atoms with van der Waals surface area (Å²) >= 11 is 0. The number of carbonyl (C=O) groups excluding carboxylic acids is 1. The molecule has 0 spiro atoms. The van der Waals surface area contributed by atoms with Crippen LogP contribution in [0, 0.1) is 5.82 Å². The molecule has 2 aromatic carbocycles. The van der Waals surface area contributed by atoms with Crippen molar-refractivity contribution >= 4 is 32.7 Å². The van der Waals surface area contributed by atoms with Crippen LogP contribution in [0.2, 0.25) is 0 Å². The van der Waals surface area contributed by atoms with Crippen molar-refractivity contribution in [2.45, 2.75) is 24.3 Å². The molecule has 1 N–H and O–H groups in total. The lowest BCUT2D eigenvalue weighted by Gasteiger charge is -2.15. The van der Waals surface area contributed by atoms with E-state index in [1.54, 1.807) is 0 Å². The second-order valence-corrected chi connectivity index (χ2v) is 10.1. The Morgan fingerprint density at radius 1 is 1.03 bits per heavy atom. The van der Waals surface area contributed by atoms with Crippen LogP contribution in [0.25, 0.3) is 16.7 Å². The van der Waals surface area contributed by atoms with Crippen LogP contribution < -0.4 is 10.9 Å². The molecule has 35 heavy (non-hydrogen) atoms. The summed E-state index contributed by atoms with van der Waals surface area (Å²) in [6.07, 6.45) is 4.29. The molecule has 4 aromatic rings. The molecule has 0 radical (unpaired) electrons. The molecule has 12 heteroatoms. The topological polar surface area (TPSA) is 119 Å². The van der Waals surface area contributed by atoms with Gasteiger partial charge in [-0.3, -0.25) is 14.2 Å². The Balaban J connectivity index is 1.30. The predicted octanol–water partition coefficient (Wildman–Crippen LogP) is 2.14.